The highest BCUT2D eigenvalue weighted by Crippen LogP contribution is 2.30. The Labute approximate surface area is 136 Å². The van der Waals surface area contributed by atoms with Gasteiger partial charge in [-0.1, -0.05) is 6.92 Å². The van der Waals surface area contributed by atoms with E-state index in [1.165, 1.54) is 7.11 Å². The van der Waals surface area contributed by atoms with E-state index < -0.39 is 0 Å². The van der Waals surface area contributed by atoms with E-state index in [1.807, 2.05) is 4.90 Å². The molecule has 0 aromatic carbocycles. The highest BCUT2D eigenvalue weighted by atomic mass is 16.5. The molecule has 6 nitrogen and oxygen atoms in total. The van der Waals surface area contributed by atoms with Crippen LogP contribution in [0.5, 0.6) is 5.88 Å². The number of aromatic nitrogens is 1. The van der Waals surface area contributed by atoms with E-state index in [0.717, 1.165) is 25.8 Å². The monoisotopic (exact) mass is 317 g/mol. The van der Waals surface area contributed by atoms with Crippen molar-refractivity contribution in [1.82, 2.24) is 14.8 Å². The second-order valence-corrected chi connectivity index (χ2v) is 6.23. The molecule has 0 radical (unpaired) electrons. The van der Waals surface area contributed by atoms with Gasteiger partial charge in [-0.05, 0) is 31.4 Å². The Morgan fingerprint density at radius 2 is 2.22 bits per heavy atom. The van der Waals surface area contributed by atoms with Gasteiger partial charge in [0.15, 0.2) is 0 Å². The van der Waals surface area contributed by atoms with Crippen LogP contribution in [0.2, 0.25) is 0 Å². The number of carbonyl (C=O) groups excluding carboxylic acids is 2. The van der Waals surface area contributed by atoms with Gasteiger partial charge in [-0.25, -0.2) is 4.98 Å². The number of methoxy groups -OCH3 is 1. The number of hydrogen-bond acceptors (Lipinski definition) is 4. The molecule has 23 heavy (non-hydrogen) atoms. The summed E-state index contributed by atoms with van der Waals surface area (Å²) < 4.78 is 5.20. The Kier molecular flexibility index (Phi) is 4.50. The molecule has 4 heterocycles. The van der Waals surface area contributed by atoms with Crippen molar-refractivity contribution in [2.75, 3.05) is 26.7 Å². The van der Waals surface area contributed by atoms with Crippen LogP contribution in [0, 0.1) is 5.92 Å². The summed E-state index contributed by atoms with van der Waals surface area (Å²) in [5.74, 6) is 0.368. The molecular formula is C17H23N3O3. The van der Waals surface area contributed by atoms with Crippen LogP contribution in [0.1, 0.15) is 36.5 Å². The van der Waals surface area contributed by atoms with E-state index in [2.05, 4.69) is 11.9 Å². The quantitative estimate of drug-likeness (QED) is 0.845. The summed E-state index contributed by atoms with van der Waals surface area (Å²) in [5.41, 5.74) is 0.464. The smallest absolute Gasteiger partial charge is 0.259 e. The molecule has 0 aliphatic carbocycles. The normalized spacial score (nSPS) is 23.8. The summed E-state index contributed by atoms with van der Waals surface area (Å²) in [6, 6.07) is 3.59. The molecule has 2 atom stereocenters. The third-order valence-corrected chi connectivity index (χ3v) is 4.74. The summed E-state index contributed by atoms with van der Waals surface area (Å²) in [6.07, 6.45) is 4.40. The van der Waals surface area contributed by atoms with Crippen molar-refractivity contribution in [2.45, 2.75) is 32.2 Å². The number of rotatable bonds is 4. The minimum atomic E-state index is -0.0991. The number of fused-ring (bicyclic) bond motifs is 4. The minimum absolute atomic E-state index is 0.0769. The molecule has 3 aliphatic heterocycles. The van der Waals surface area contributed by atoms with E-state index in [4.69, 9.17) is 4.74 Å². The number of pyridine rings is 1. The number of carbonyl (C=O) groups is 2. The summed E-state index contributed by atoms with van der Waals surface area (Å²) in [6.45, 7) is 3.94. The molecule has 6 heteroatoms. The van der Waals surface area contributed by atoms with Gasteiger partial charge >= 0.3 is 0 Å². The summed E-state index contributed by atoms with van der Waals surface area (Å²) in [7, 11) is 1.51. The van der Waals surface area contributed by atoms with Crippen molar-refractivity contribution in [3.8, 4) is 5.88 Å². The van der Waals surface area contributed by atoms with Crippen LogP contribution in [-0.4, -0.2) is 59.4 Å². The highest BCUT2D eigenvalue weighted by Gasteiger charge is 2.41. The number of nitrogens with zero attached hydrogens (tertiary/aromatic N) is 3. The lowest BCUT2D eigenvalue weighted by Crippen LogP contribution is -2.48. The first-order chi connectivity index (χ1) is 11.2. The summed E-state index contributed by atoms with van der Waals surface area (Å²) in [5, 5.41) is 0. The van der Waals surface area contributed by atoms with Crippen LogP contribution in [0.25, 0.3) is 0 Å². The molecule has 1 aromatic rings. The van der Waals surface area contributed by atoms with Crippen LogP contribution < -0.4 is 4.74 Å². The van der Waals surface area contributed by atoms with E-state index in [-0.39, 0.29) is 23.8 Å². The summed E-state index contributed by atoms with van der Waals surface area (Å²) in [4.78, 5) is 33.4. The van der Waals surface area contributed by atoms with Gasteiger partial charge in [0.2, 0.25) is 11.8 Å². The minimum Gasteiger partial charge on any atom is -0.480 e. The highest BCUT2D eigenvalue weighted by molar-refractivity contribution is 5.97. The molecule has 0 N–H and O–H groups in total. The van der Waals surface area contributed by atoms with Gasteiger partial charge in [0.1, 0.15) is 5.56 Å². The van der Waals surface area contributed by atoms with Crippen LogP contribution in [0.4, 0.5) is 0 Å². The molecule has 124 valence electrons. The van der Waals surface area contributed by atoms with Gasteiger partial charge < -0.3 is 14.5 Å². The van der Waals surface area contributed by atoms with Crippen LogP contribution >= 0.6 is 0 Å². The number of ether oxygens (including phenoxy) is 1. The molecule has 3 fully saturated rings. The Morgan fingerprint density at radius 3 is 2.96 bits per heavy atom. The maximum atomic E-state index is 12.9. The molecule has 1 aromatic heterocycles. The van der Waals surface area contributed by atoms with Gasteiger partial charge in [0.05, 0.1) is 13.0 Å². The van der Waals surface area contributed by atoms with Gasteiger partial charge in [-0.3, -0.25) is 9.59 Å². The number of amides is 2. The van der Waals surface area contributed by atoms with Crippen LogP contribution in [-0.2, 0) is 4.79 Å². The third kappa shape index (κ3) is 2.90. The van der Waals surface area contributed by atoms with Gasteiger partial charge in [0.25, 0.3) is 5.91 Å². The predicted octanol–water partition coefficient (Wildman–Crippen LogP) is 1.56. The average molecular weight is 317 g/mol. The fourth-order valence-corrected chi connectivity index (χ4v) is 3.63. The second kappa shape index (κ2) is 6.56. The largest absolute Gasteiger partial charge is 0.480 e. The van der Waals surface area contributed by atoms with Crippen molar-refractivity contribution in [1.29, 1.82) is 0 Å². The molecule has 0 spiro atoms. The lowest BCUT2D eigenvalue weighted by Gasteiger charge is -2.35. The van der Waals surface area contributed by atoms with E-state index in [0.29, 0.717) is 24.5 Å². The molecule has 0 saturated carbocycles. The average Bonchev–Trinajstić information content (AvgIpc) is 2.87. The Bertz CT molecular complexity index is 605. The molecule has 4 rings (SSSR count). The zero-order valence-electron chi connectivity index (χ0n) is 13.7. The Hall–Kier alpha value is -2.11. The SMILES string of the molecule is CCCN1C(=O)[C@@H]2CC[C@H]1CN(C(=O)c1cccnc1OC)C2. The predicted molar refractivity (Wildman–Crippen MR) is 85.2 cm³/mol. The lowest BCUT2D eigenvalue weighted by molar-refractivity contribution is -0.139. The molecule has 3 aliphatic rings. The first-order valence-corrected chi connectivity index (χ1v) is 8.24. The standard InChI is InChI=1S/C17H23N3O3/c1-3-9-20-13-7-6-12(16(20)21)10-19(11-13)17(22)14-5-4-8-18-15(14)23-2/h4-5,8,12-13H,3,6-7,9-11H2,1-2H3/t12-,13+/m1/s1. The van der Waals surface area contributed by atoms with E-state index >= 15 is 0 Å². The van der Waals surface area contributed by atoms with E-state index in [1.54, 1.807) is 23.2 Å². The van der Waals surface area contributed by atoms with Crippen molar-refractivity contribution < 1.29 is 14.3 Å². The van der Waals surface area contributed by atoms with Crippen molar-refractivity contribution in [3.05, 3.63) is 23.9 Å². The first-order valence-electron chi connectivity index (χ1n) is 8.24. The zero-order chi connectivity index (χ0) is 16.4. The Morgan fingerprint density at radius 1 is 1.39 bits per heavy atom. The van der Waals surface area contributed by atoms with Crippen molar-refractivity contribution in [3.63, 3.8) is 0 Å². The first kappa shape index (κ1) is 15.8. The second-order valence-electron chi connectivity index (χ2n) is 6.23. The van der Waals surface area contributed by atoms with Crippen LogP contribution in [0.3, 0.4) is 0 Å². The molecule has 2 bridgehead atoms. The van der Waals surface area contributed by atoms with Gasteiger partial charge in [-0.2, -0.15) is 0 Å². The van der Waals surface area contributed by atoms with Crippen molar-refractivity contribution >= 4 is 11.8 Å². The topological polar surface area (TPSA) is 62.7 Å². The lowest BCUT2D eigenvalue weighted by atomic mass is 9.94. The fraction of sp³-hybridized carbons (Fsp3) is 0.588. The van der Waals surface area contributed by atoms with E-state index in [9.17, 15) is 9.59 Å². The molecule has 0 unspecified atom stereocenters. The number of piperidine rings is 1. The molecular weight excluding hydrogens is 294 g/mol. The molecule has 2 amide bonds. The van der Waals surface area contributed by atoms with Crippen LogP contribution in [0.15, 0.2) is 18.3 Å². The maximum absolute atomic E-state index is 12.9. The van der Waals surface area contributed by atoms with Gasteiger partial charge in [-0.15, -0.1) is 0 Å². The fourth-order valence-electron chi connectivity index (χ4n) is 3.63. The molecule has 3 saturated heterocycles. The summed E-state index contributed by atoms with van der Waals surface area (Å²) >= 11 is 0. The Balaban J connectivity index is 1.84. The van der Waals surface area contributed by atoms with Gasteiger partial charge in [0, 0.05) is 31.9 Å². The number of hydrogen-bond donors (Lipinski definition) is 0. The maximum Gasteiger partial charge on any atom is 0.259 e. The third-order valence-electron chi connectivity index (χ3n) is 4.74. The zero-order valence-corrected chi connectivity index (χ0v) is 13.7. The van der Waals surface area contributed by atoms with Crippen molar-refractivity contribution in [2.24, 2.45) is 5.92 Å².